The van der Waals surface area contributed by atoms with Gasteiger partial charge in [0.1, 0.15) is 48.8 Å². The minimum atomic E-state index is -1.79. The van der Waals surface area contributed by atoms with E-state index in [9.17, 15) is 45.6 Å². The number of carbonyl (C=O) groups excluding carboxylic acids is 1. The quantitative estimate of drug-likeness (QED) is 0.0228. The van der Waals surface area contributed by atoms with Crippen LogP contribution in [0.4, 0.5) is 0 Å². The topological polar surface area (TPSA) is 228 Å². The number of aliphatic hydroxyl groups excluding tert-OH is 8. The maximum atomic E-state index is 13.0. The van der Waals surface area contributed by atoms with Crippen LogP contribution in [0.3, 0.4) is 0 Å². The van der Waals surface area contributed by atoms with Crippen molar-refractivity contribution in [3.05, 3.63) is 109 Å². The molecular weight excluding hydrogens is 883 g/mol. The van der Waals surface area contributed by atoms with Crippen LogP contribution in [0, 0.1) is 0 Å². The first-order valence-electron chi connectivity index (χ1n) is 25.6. The molecule has 12 atom stereocenters. The number of amides is 1. The molecule has 392 valence electrons. The Kier molecular flexibility index (Phi) is 36.0. The van der Waals surface area contributed by atoms with Gasteiger partial charge in [-0.05, 0) is 77.0 Å². The Morgan fingerprint density at radius 1 is 0.536 bits per heavy atom. The zero-order valence-electron chi connectivity index (χ0n) is 41.5. The molecule has 0 radical (unpaired) electrons. The molecule has 14 heteroatoms. The summed E-state index contributed by atoms with van der Waals surface area (Å²) in [5.41, 5.74) is 0. The lowest BCUT2D eigenvalue weighted by atomic mass is 9.97. The average Bonchev–Trinajstić information content (AvgIpc) is 3.35. The Hall–Kier alpha value is -3.35. The highest BCUT2D eigenvalue weighted by atomic mass is 16.7. The Bertz CT molecular complexity index is 1570. The van der Waals surface area contributed by atoms with Crippen LogP contribution in [-0.2, 0) is 23.7 Å². The van der Waals surface area contributed by atoms with Gasteiger partial charge >= 0.3 is 0 Å². The molecular formula is C55H89NO13. The van der Waals surface area contributed by atoms with Crippen molar-refractivity contribution >= 4 is 5.91 Å². The van der Waals surface area contributed by atoms with Crippen LogP contribution in [0.5, 0.6) is 0 Å². The van der Waals surface area contributed by atoms with Crippen LogP contribution in [0.1, 0.15) is 136 Å². The van der Waals surface area contributed by atoms with Gasteiger partial charge in [0.15, 0.2) is 12.6 Å². The first kappa shape index (κ1) is 61.8. The SMILES string of the molecule is CC/C=C\C/C=C\C/C=C\C/C=C\C/C=C\C/C=C\C/C=C\C/C=C\CCCCCCCCC(=O)NC(COC1OC(CO)C(OC2OC(CO)C(O)C(O)C2O)C(O)C1O)C(O)/C=C/CCCC. The third kappa shape index (κ3) is 27.2. The standard InChI is InChI=1S/C55H89NO13/c1-3-5-7-9-10-11-12-13-14-15-16-17-18-19-20-21-22-23-24-25-26-27-28-29-30-31-32-33-34-35-37-39-47(60)56-43(44(59)38-36-8-6-4-2)42-66-54-52(65)50(63)53(46(41-58)68-54)69-55-51(64)49(62)48(61)45(40-57)67-55/h5,7,10-11,13-14,16-17,19-20,22-23,25-26,28-29,36,38,43-46,48-55,57-59,61-65H,3-4,6,8-9,12,15,18,21,24,27,30-35,37,39-42H2,1-2H3,(H,56,60)/b7-5-,11-10-,14-13-,17-16-,20-19-,23-22-,26-25-,29-28-,38-36+. The minimum Gasteiger partial charge on any atom is -0.394 e. The highest BCUT2D eigenvalue weighted by molar-refractivity contribution is 5.76. The van der Waals surface area contributed by atoms with Crippen molar-refractivity contribution in [3.63, 3.8) is 0 Å². The summed E-state index contributed by atoms with van der Waals surface area (Å²) >= 11 is 0. The van der Waals surface area contributed by atoms with Gasteiger partial charge in [0.05, 0.1) is 32.0 Å². The molecule has 14 nitrogen and oxygen atoms in total. The second-order valence-electron chi connectivity index (χ2n) is 17.6. The molecule has 1 amide bonds. The van der Waals surface area contributed by atoms with E-state index in [0.717, 1.165) is 109 Å². The second kappa shape index (κ2) is 40.3. The molecule has 2 rings (SSSR count). The normalized spacial score (nSPS) is 27.1. The lowest BCUT2D eigenvalue weighted by Crippen LogP contribution is -2.65. The summed E-state index contributed by atoms with van der Waals surface area (Å²) < 4.78 is 22.5. The van der Waals surface area contributed by atoms with Gasteiger partial charge in [-0.1, -0.05) is 162 Å². The molecule has 2 heterocycles. The van der Waals surface area contributed by atoms with Gasteiger partial charge in [-0.15, -0.1) is 0 Å². The summed E-state index contributed by atoms with van der Waals surface area (Å²) in [5, 5.41) is 86.0. The number of carbonyl (C=O) groups is 1. The van der Waals surface area contributed by atoms with Crippen molar-refractivity contribution in [1.82, 2.24) is 5.32 Å². The number of rotatable bonds is 37. The van der Waals surface area contributed by atoms with Gasteiger partial charge in [-0.2, -0.15) is 0 Å². The van der Waals surface area contributed by atoms with Crippen molar-refractivity contribution in [2.24, 2.45) is 0 Å². The number of aliphatic hydroxyl groups is 8. The van der Waals surface area contributed by atoms with E-state index in [0.29, 0.717) is 6.42 Å². The van der Waals surface area contributed by atoms with Crippen LogP contribution < -0.4 is 5.32 Å². The number of allylic oxidation sites excluding steroid dienone is 17. The van der Waals surface area contributed by atoms with Gasteiger partial charge in [0, 0.05) is 6.42 Å². The molecule has 2 aliphatic heterocycles. The Morgan fingerprint density at radius 2 is 1.00 bits per heavy atom. The molecule has 0 spiro atoms. The van der Waals surface area contributed by atoms with E-state index in [1.165, 1.54) is 0 Å². The molecule has 0 aromatic rings. The molecule has 0 aromatic carbocycles. The van der Waals surface area contributed by atoms with Crippen molar-refractivity contribution in [3.8, 4) is 0 Å². The second-order valence-corrected chi connectivity index (χ2v) is 17.6. The van der Waals surface area contributed by atoms with Crippen LogP contribution in [0.15, 0.2) is 109 Å². The van der Waals surface area contributed by atoms with Crippen molar-refractivity contribution in [2.45, 2.75) is 209 Å². The highest BCUT2D eigenvalue weighted by Gasteiger charge is 2.51. The molecule has 0 saturated carbocycles. The lowest BCUT2D eigenvalue weighted by molar-refractivity contribution is -0.359. The van der Waals surface area contributed by atoms with Crippen LogP contribution in [0.25, 0.3) is 0 Å². The van der Waals surface area contributed by atoms with Gasteiger partial charge < -0.3 is 65.1 Å². The van der Waals surface area contributed by atoms with Crippen molar-refractivity contribution in [2.75, 3.05) is 19.8 Å². The average molecular weight is 972 g/mol. The third-order valence-electron chi connectivity index (χ3n) is 11.7. The fourth-order valence-corrected chi connectivity index (χ4v) is 7.52. The smallest absolute Gasteiger partial charge is 0.220 e. The monoisotopic (exact) mass is 972 g/mol. The van der Waals surface area contributed by atoms with Crippen LogP contribution >= 0.6 is 0 Å². The predicted molar refractivity (Wildman–Crippen MR) is 272 cm³/mol. The summed E-state index contributed by atoms with van der Waals surface area (Å²) in [5.74, 6) is -0.271. The number of unbranched alkanes of at least 4 members (excludes halogenated alkanes) is 8. The van der Waals surface area contributed by atoms with Crippen LogP contribution in [0.2, 0.25) is 0 Å². The number of ether oxygens (including phenoxy) is 4. The molecule has 2 fully saturated rings. The molecule has 12 unspecified atom stereocenters. The molecule has 0 bridgehead atoms. The minimum absolute atomic E-state index is 0.254. The third-order valence-corrected chi connectivity index (χ3v) is 11.7. The Labute approximate surface area is 413 Å². The van der Waals surface area contributed by atoms with Gasteiger partial charge in [-0.3, -0.25) is 4.79 Å². The first-order valence-corrected chi connectivity index (χ1v) is 25.6. The van der Waals surface area contributed by atoms with Gasteiger partial charge in [0.2, 0.25) is 5.91 Å². The first-order chi connectivity index (χ1) is 33.6. The molecule has 69 heavy (non-hydrogen) atoms. The molecule has 0 aromatic heterocycles. The summed E-state index contributed by atoms with van der Waals surface area (Å²) in [6.45, 7) is 2.46. The van der Waals surface area contributed by atoms with Crippen molar-refractivity contribution in [1.29, 1.82) is 0 Å². The predicted octanol–water partition coefficient (Wildman–Crippen LogP) is 6.93. The highest BCUT2D eigenvalue weighted by Crippen LogP contribution is 2.30. The fourth-order valence-electron chi connectivity index (χ4n) is 7.52. The summed E-state index contributed by atoms with van der Waals surface area (Å²) in [7, 11) is 0. The molecule has 0 aliphatic carbocycles. The van der Waals surface area contributed by atoms with Gasteiger partial charge in [0.25, 0.3) is 0 Å². The van der Waals surface area contributed by atoms with Crippen LogP contribution in [-0.4, -0.2) is 140 Å². The van der Waals surface area contributed by atoms with E-state index >= 15 is 0 Å². The van der Waals surface area contributed by atoms with E-state index in [1.807, 2.05) is 6.08 Å². The maximum Gasteiger partial charge on any atom is 0.220 e. The maximum absolute atomic E-state index is 13.0. The summed E-state index contributed by atoms with van der Waals surface area (Å²) in [4.78, 5) is 13.0. The summed E-state index contributed by atoms with van der Waals surface area (Å²) in [6, 6.07) is -0.926. The summed E-state index contributed by atoms with van der Waals surface area (Å²) in [6.07, 6.45) is 39.4. The number of hydrogen-bond acceptors (Lipinski definition) is 13. The van der Waals surface area contributed by atoms with E-state index in [2.05, 4.69) is 116 Å². The Balaban J connectivity index is 1.63. The fraction of sp³-hybridized carbons (Fsp3) is 0.655. The molecule has 9 N–H and O–H groups in total. The zero-order valence-corrected chi connectivity index (χ0v) is 41.5. The van der Waals surface area contributed by atoms with E-state index < -0.39 is 86.8 Å². The van der Waals surface area contributed by atoms with Crippen molar-refractivity contribution < 1.29 is 64.6 Å². The van der Waals surface area contributed by atoms with E-state index in [4.69, 9.17) is 18.9 Å². The lowest BCUT2D eigenvalue weighted by Gasteiger charge is -2.46. The largest absolute Gasteiger partial charge is 0.394 e. The van der Waals surface area contributed by atoms with E-state index in [1.54, 1.807) is 6.08 Å². The number of nitrogens with one attached hydrogen (secondary N) is 1. The number of hydrogen-bond donors (Lipinski definition) is 9. The zero-order chi connectivity index (χ0) is 50.3. The Morgan fingerprint density at radius 3 is 1.52 bits per heavy atom. The molecule has 2 saturated heterocycles. The molecule has 2 aliphatic rings. The van der Waals surface area contributed by atoms with E-state index in [-0.39, 0.29) is 18.9 Å². The van der Waals surface area contributed by atoms with Gasteiger partial charge in [-0.25, -0.2) is 0 Å².